The Balaban J connectivity index is 1.74. The monoisotopic (exact) mass is 381 g/mol. The average Bonchev–Trinajstić information content (AvgIpc) is 3.12. The van der Waals surface area contributed by atoms with Crippen LogP contribution >= 0.6 is 0 Å². The van der Waals surface area contributed by atoms with Gasteiger partial charge < -0.3 is 4.42 Å². The Morgan fingerprint density at radius 2 is 1.89 bits per heavy atom. The molecule has 6 heteroatoms. The number of hydrogen-bond acceptors (Lipinski definition) is 4. The molecule has 2 unspecified atom stereocenters. The smallest absolute Gasteiger partial charge is 0.206 e. The third-order valence-corrected chi connectivity index (χ3v) is 6.92. The molecule has 2 bridgehead atoms. The molecule has 28 heavy (non-hydrogen) atoms. The zero-order valence-corrected chi connectivity index (χ0v) is 16.0. The number of fused-ring (bicyclic) bond motifs is 2. The van der Waals surface area contributed by atoms with Crippen LogP contribution in [0.3, 0.4) is 0 Å². The van der Waals surface area contributed by atoms with Crippen LogP contribution in [0, 0.1) is 30.4 Å². The summed E-state index contributed by atoms with van der Waals surface area (Å²) in [5.74, 6) is 1.11. The summed E-state index contributed by atoms with van der Waals surface area (Å²) in [6, 6.07) is 5.66. The highest BCUT2D eigenvalue weighted by molar-refractivity contribution is 5.62. The molecule has 0 radical (unpaired) electrons. The lowest BCUT2D eigenvalue weighted by Crippen LogP contribution is -2.50. The molecule has 0 N–H and O–H groups in total. The van der Waals surface area contributed by atoms with E-state index < -0.39 is 17.0 Å². The van der Waals surface area contributed by atoms with Crippen LogP contribution in [0.5, 0.6) is 0 Å². The molecule has 4 nitrogen and oxygen atoms in total. The van der Waals surface area contributed by atoms with E-state index in [9.17, 15) is 8.78 Å². The average molecular weight is 381 g/mol. The summed E-state index contributed by atoms with van der Waals surface area (Å²) in [7, 11) is 0. The summed E-state index contributed by atoms with van der Waals surface area (Å²) >= 11 is 0. The van der Waals surface area contributed by atoms with Crippen molar-refractivity contribution in [3.05, 3.63) is 65.0 Å². The molecule has 3 aromatic rings. The standard InChI is InChI=1S/C22H21F2N3O/c1-11-10-25-21(28-11)22-8-7-14(12(2)13(22)3)15-9-18(26-27-20(15)22)19-16(23)5-4-6-17(19)24/h4-6,9-10,12-14H,7-8H2,1-3H3/t12?,13?,14-,22-/m1/s1. The first-order chi connectivity index (χ1) is 13.4. The summed E-state index contributed by atoms with van der Waals surface area (Å²) in [6.45, 7) is 6.32. The number of hydrogen-bond donors (Lipinski definition) is 0. The highest BCUT2D eigenvalue weighted by Gasteiger charge is 2.57. The number of oxazole rings is 1. The van der Waals surface area contributed by atoms with Crippen molar-refractivity contribution in [2.45, 2.75) is 44.9 Å². The topological polar surface area (TPSA) is 51.8 Å². The molecule has 2 aromatic heterocycles. The predicted octanol–water partition coefficient (Wildman–Crippen LogP) is 5.17. The van der Waals surface area contributed by atoms with E-state index in [0.29, 0.717) is 11.8 Å². The van der Waals surface area contributed by atoms with E-state index in [1.54, 1.807) is 6.20 Å². The Morgan fingerprint density at radius 3 is 2.57 bits per heavy atom. The second-order valence-electron chi connectivity index (χ2n) is 8.17. The van der Waals surface area contributed by atoms with Gasteiger partial charge in [0.2, 0.25) is 5.89 Å². The first-order valence-corrected chi connectivity index (χ1v) is 9.69. The summed E-state index contributed by atoms with van der Waals surface area (Å²) in [5.41, 5.74) is 1.52. The van der Waals surface area contributed by atoms with Gasteiger partial charge in [-0.15, -0.1) is 5.10 Å². The fourth-order valence-electron chi connectivity index (χ4n) is 5.31. The number of halogens is 2. The molecular weight excluding hydrogens is 360 g/mol. The molecule has 6 rings (SSSR count). The number of rotatable bonds is 2. The minimum absolute atomic E-state index is 0.124. The molecule has 0 aliphatic heterocycles. The van der Waals surface area contributed by atoms with Gasteiger partial charge in [-0.25, -0.2) is 13.8 Å². The van der Waals surface area contributed by atoms with Gasteiger partial charge in [0.05, 0.1) is 28.6 Å². The number of aromatic nitrogens is 3. The molecule has 1 aromatic carbocycles. The first-order valence-electron chi connectivity index (χ1n) is 9.69. The van der Waals surface area contributed by atoms with Gasteiger partial charge in [0, 0.05) is 0 Å². The van der Waals surface area contributed by atoms with Gasteiger partial charge in [0.1, 0.15) is 17.4 Å². The molecule has 0 spiro atoms. The molecule has 1 saturated carbocycles. The first kappa shape index (κ1) is 17.5. The van der Waals surface area contributed by atoms with E-state index in [-0.39, 0.29) is 23.1 Å². The van der Waals surface area contributed by atoms with E-state index in [1.165, 1.54) is 18.2 Å². The van der Waals surface area contributed by atoms with E-state index in [1.807, 2.05) is 13.0 Å². The van der Waals surface area contributed by atoms with Crippen LogP contribution in [-0.2, 0) is 5.41 Å². The minimum atomic E-state index is -0.630. The molecule has 4 atom stereocenters. The third-order valence-electron chi connectivity index (χ3n) is 6.92. The van der Waals surface area contributed by atoms with Gasteiger partial charge in [-0.1, -0.05) is 19.9 Å². The number of nitrogens with zero attached hydrogens (tertiary/aromatic N) is 3. The second kappa shape index (κ2) is 5.93. The molecule has 3 aliphatic rings. The van der Waals surface area contributed by atoms with E-state index in [2.05, 4.69) is 29.0 Å². The van der Waals surface area contributed by atoms with Gasteiger partial charge in [-0.3, -0.25) is 0 Å². The van der Waals surface area contributed by atoms with Gasteiger partial charge in [0.25, 0.3) is 0 Å². The van der Waals surface area contributed by atoms with Crippen LogP contribution in [0.2, 0.25) is 0 Å². The van der Waals surface area contributed by atoms with E-state index >= 15 is 0 Å². The highest BCUT2D eigenvalue weighted by Crippen LogP contribution is 2.60. The summed E-state index contributed by atoms with van der Waals surface area (Å²) in [5, 5.41) is 8.76. The summed E-state index contributed by atoms with van der Waals surface area (Å²) < 4.78 is 34.6. The van der Waals surface area contributed by atoms with Crippen LogP contribution in [0.15, 0.2) is 34.9 Å². The maximum absolute atomic E-state index is 14.3. The maximum atomic E-state index is 14.3. The van der Waals surface area contributed by atoms with Crippen LogP contribution in [0.25, 0.3) is 11.3 Å². The molecular formula is C22H21F2N3O. The van der Waals surface area contributed by atoms with Crippen molar-refractivity contribution in [2.75, 3.05) is 0 Å². The summed E-state index contributed by atoms with van der Waals surface area (Å²) in [6.07, 6.45) is 3.58. The summed E-state index contributed by atoms with van der Waals surface area (Å²) in [4.78, 5) is 4.55. The van der Waals surface area contributed by atoms with Crippen molar-refractivity contribution in [1.29, 1.82) is 0 Å². The Morgan fingerprint density at radius 1 is 1.14 bits per heavy atom. The van der Waals surface area contributed by atoms with Crippen molar-refractivity contribution in [1.82, 2.24) is 15.2 Å². The lowest BCUT2D eigenvalue weighted by molar-refractivity contribution is 0.0926. The Labute approximate surface area is 162 Å². The normalized spacial score (nSPS) is 28.4. The van der Waals surface area contributed by atoms with Crippen LogP contribution in [-0.4, -0.2) is 15.2 Å². The number of benzene rings is 1. The molecule has 144 valence electrons. The Hall–Kier alpha value is -2.63. The van der Waals surface area contributed by atoms with Crippen LogP contribution in [0.4, 0.5) is 8.78 Å². The van der Waals surface area contributed by atoms with Gasteiger partial charge in [-0.05, 0) is 61.3 Å². The van der Waals surface area contributed by atoms with Gasteiger partial charge in [0.15, 0.2) is 0 Å². The van der Waals surface area contributed by atoms with Crippen molar-refractivity contribution in [3.8, 4) is 11.3 Å². The van der Waals surface area contributed by atoms with Crippen molar-refractivity contribution >= 4 is 0 Å². The van der Waals surface area contributed by atoms with Crippen molar-refractivity contribution in [2.24, 2.45) is 11.8 Å². The van der Waals surface area contributed by atoms with Crippen molar-refractivity contribution in [3.63, 3.8) is 0 Å². The SMILES string of the molecule is Cc1cnc([C@@]23CC[C@@H](c4cc(-c5c(F)cccc5F)nnc42)C(C)C3C)o1. The van der Waals surface area contributed by atoms with Crippen LogP contribution < -0.4 is 0 Å². The highest BCUT2D eigenvalue weighted by atomic mass is 19.1. The van der Waals surface area contributed by atoms with Crippen LogP contribution in [0.1, 0.15) is 55.5 Å². The zero-order chi connectivity index (χ0) is 19.6. The lowest BCUT2D eigenvalue weighted by atomic mass is 9.50. The molecule has 0 amide bonds. The molecule has 2 heterocycles. The van der Waals surface area contributed by atoms with Crippen molar-refractivity contribution < 1.29 is 13.2 Å². The predicted molar refractivity (Wildman–Crippen MR) is 99.7 cm³/mol. The fourth-order valence-corrected chi connectivity index (χ4v) is 5.31. The Kier molecular flexibility index (Phi) is 3.70. The zero-order valence-electron chi connectivity index (χ0n) is 16.0. The third kappa shape index (κ3) is 2.17. The largest absolute Gasteiger partial charge is 0.445 e. The molecule has 3 aliphatic carbocycles. The quantitative estimate of drug-likeness (QED) is 0.615. The maximum Gasteiger partial charge on any atom is 0.206 e. The Bertz CT molecular complexity index is 1060. The molecule has 1 fully saturated rings. The fraction of sp³-hybridized carbons (Fsp3) is 0.409. The van der Waals surface area contributed by atoms with E-state index in [4.69, 9.17) is 4.42 Å². The van der Waals surface area contributed by atoms with Gasteiger partial charge in [-0.2, -0.15) is 5.10 Å². The number of aryl methyl sites for hydroxylation is 1. The second-order valence-corrected chi connectivity index (χ2v) is 8.17. The van der Waals surface area contributed by atoms with Gasteiger partial charge >= 0.3 is 0 Å². The lowest BCUT2D eigenvalue weighted by Gasteiger charge is -2.52. The van der Waals surface area contributed by atoms with E-state index in [0.717, 1.165) is 29.9 Å². The minimum Gasteiger partial charge on any atom is -0.445 e. The molecule has 0 saturated heterocycles.